The Hall–Kier alpha value is -1.64. The number of hydrogen-bond donors (Lipinski definition) is 1. The minimum absolute atomic E-state index is 0.128. The topological polar surface area (TPSA) is 42.0 Å². The number of nitrogens with zero attached hydrogens (tertiary/aromatic N) is 1. The number of rotatable bonds is 1. The van der Waals surface area contributed by atoms with Gasteiger partial charge in [0.05, 0.1) is 6.54 Å². The third-order valence-corrected chi connectivity index (χ3v) is 1.78. The lowest BCUT2D eigenvalue weighted by Crippen LogP contribution is -2.08. The highest BCUT2D eigenvalue weighted by Crippen LogP contribution is 2.15. The fraction of sp³-hybridized carbons (Fsp3) is 0.111. The maximum absolute atomic E-state index is 11.2. The van der Waals surface area contributed by atoms with Crippen LogP contribution in [0, 0.1) is 0 Å². The highest BCUT2D eigenvalue weighted by molar-refractivity contribution is 6.23. The molecule has 1 aromatic heterocycles. The molecule has 0 atom stereocenters. The van der Waals surface area contributed by atoms with Crippen LogP contribution >= 0.6 is 0 Å². The Balaban J connectivity index is 2.38. The lowest BCUT2D eigenvalue weighted by atomic mass is 10.1. The molecule has 12 heavy (non-hydrogen) atoms. The molecule has 0 saturated heterocycles. The van der Waals surface area contributed by atoms with Crippen molar-refractivity contribution in [3.63, 3.8) is 0 Å². The van der Waals surface area contributed by atoms with Crippen molar-refractivity contribution >= 4 is 11.4 Å². The van der Waals surface area contributed by atoms with Crippen LogP contribution < -0.4 is 5.32 Å². The van der Waals surface area contributed by atoms with E-state index < -0.39 is 0 Å². The SMILES string of the molecule is O=C1CNC=C1c1cccnc1. The van der Waals surface area contributed by atoms with Crippen LogP contribution in [0.25, 0.3) is 5.57 Å². The summed E-state index contributed by atoms with van der Waals surface area (Å²) in [6.45, 7) is 0.407. The van der Waals surface area contributed by atoms with E-state index in [1.54, 1.807) is 18.6 Å². The second kappa shape index (κ2) is 2.77. The Morgan fingerprint density at radius 3 is 3.00 bits per heavy atom. The Kier molecular flexibility index (Phi) is 1.63. The molecule has 0 aliphatic carbocycles. The van der Waals surface area contributed by atoms with Crippen molar-refractivity contribution in [1.82, 2.24) is 10.3 Å². The highest BCUT2D eigenvalue weighted by Gasteiger charge is 2.15. The largest absolute Gasteiger partial charge is 0.383 e. The van der Waals surface area contributed by atoms with E-state index in [9.17, 15) is 4.79 Å². The zero-order chi connectivity index (χ0) is 8.39. The molecule has 2 rings (SSSR count). The predicted molar refractivity (Wildman–Crippen MR) is 45.2 cm³/mol. The van der Waals surface area contributed by atoms with E-state index in [0.717, 1.165) is 11.1 Å². The van der Waals surface area contributed by atoms with E-state index in [-0.39, 0.29) is 5.78 Å². The minimum Gasteiger partial charge on any atom is -0.383 e. The van der Waals surface area contributed by atoms with Gasteiger partial charge in [-0.3, -0.25) is 9.78 Å². The van der Waals surface area contributed by atoms with Crippen molar-refractivity contribution in [3.8, 4) is 0 Å². The van der Waals surface area contributed by atoms with E-state index in [0.29, 0.717) is 6.54 Å². The first-order valence-electron chi connectivity index (χ1n) is 3.75. The minimum atomic E-state index is 0.128. The molecule has 0 bridgehead atoms. The number of aromatic nitrogens is 1. The van der Waals surface area contributed by atoms with Gasteiger partial charge in [-0.2, -0.15) is 0 Å². The van der Waals surface area contributed by atoms with Gasteiger partial charge in [0.2, 0.25) is 0 Å². The molecule has 0 radical (unpaired) electrons. The molecule has 1 aliphatic heterocycles. The van der Waals surface area contributed by atoms with Gasteiger partial charge in [-0.15, -0.1) is 0 Å². The molecule has 3 nitrogen and oxygen atoms in total. The summed E-state index contributed by atoms with van der Waals surface area (Å²) in [6.07, 6.45) is 5.12. The van der Waals surface area contributed by atoms with Crippen molar-refractivity contribution in [1.29, 1.82) is 0 Å². The molecule has 2 heterocycles. The van der Waals surface area contributed by atoms with Gasteiger partial charge in [0.25, 0.3) is 0 Å². The van der Waals surface area contributed by atoms with Gasteiger partial charge >= 0.3 is 0 Å². The van der Waals surface area contributed by atoms with Crippen molar-refractivity contribution < 1.29 is 4.79 Å². The summed E-state index contributed by atoms with van der Waals surface area (Å²) >= 11 is 0. The van der Waals surface area contributed by atoms with Gasteiger partial charge in [0.1, 0.15) is 0 Å². The molecule has 60 valence electrons. The van der Waals surface area contributed by atoms with Crippen LogP contribution in [0.2, 0.25) is 0 Å². The quantitative estimate of drug-likeness (QED) is 0.654. The Morgan fingerprint density at radius 1 is 1.50 bits per heavy atom. The Morgan fingerprint density at radius 2 is 2.42 bits per heavy atom. The van der Waals surface area contributed by atoms with Crippen LogP contribution in [0.4, 0.5) is 0 Å². The molecule has 0 aromatic carbocycles. The van der Waals surface area contributed by atoms with Crippen molar-refractivity contribution in [2.24, 2.45) is 0 Å². The monoisotopic (exact) mass is 160 g/mol. The van der Waals surface area contributed by atoms with E-state index in [1.807, 2.05) is 12.1 Å². The van der Waals surface area contributed by atoms with Crippen molar-refractivity contribution in [2.45, 2.75) is 0 Å². The standard InChI is InChI=1S/C9H8N2O/c12-9-6-11-5-8(9)7-2-1-3-10-4-7/h1-5,11H,6H2. The summed E-state index contributed by atoms with van der Waals surface area (Å²) in [4.78, 5) is 15.2. The van der Waals surface area contributed by atoms with Gasteiger partial charge in [0.15, 0.2) is 5.78 Å². The van der Waals surface area contributed by atoms with Gasteiger partial charge in [-0.1, -0.05) is 6.07 Å². The molecular weight excluding hydrogens is 152 g/mol. The number of carbonyl (C=O) groups is 1. The maximum atomic E-state index is 11.2. The fourth-order valence-electron chi connectivity index (χ4n) is 1.19. The van der Waals surface area contributed by atoms with Gasteiger partial charge in [-0.05, 0) is 6.07 Å². The molecule has 0 spiro atoms. The average molecular weight is 160 g/mol. The summed E-state index contributed by atoms with van der Waals surface area (Å²) in [5, 5.41) is 2.88. The van der Waals surface area contributed by atoms with Gasteiger partial charge < -0.3 is 5.32 Å². The summed E-state index contributed by atoms with van der Waals surface area (Å²) in [6, 6.07) is 3.70. The first-order valence-corrected chi connectivity index (χ1v) is 3.75. The van der Waals surface area contributed by atoms with E-state index in [2.05, 4.69) is 10.3 Å². The third-order valence-electron chi connectivity index (χ3n) is 1.78. The predicted octanol–water partition coefficient (Wildman–Crippen LogP) is 0.595. The summed E-state index contributed by atoms with van der Waals surface area (Å²) < 4.78 is 0. The third kappa shape index (κ3) is 1.09. The van der Waals surface area contributed by atoms with E-state index in [1.165, 1.54) is 0 Å². The zero-order valence-electron chi connectivity index (χ0n) is 6.45. The number of ketones is 1. The summed E-state index contributed by atoms with van der Waals surface area (Å²) in [5.41, 5.74) is 1.61. The maximum Gasteiger partial charge on any atom is 0.183 e. The molecule has 1 N–H and O–H groups in total. The van der Waals surface area contributed by atoms with Crippen LogP contribution in [0.15, 0.2) is 30.7 Å². The highest BCUT2D eigenvalue weighted by atomic mass is 16.1. The molecule has 0 fully saturated rings. The average Bonchev–Trinajstić information content (AvgIpc) is 2.53. The van der Waals surface area contributed by atoms with E-state index >= 15 is 0 Å². The van der Waals surface area contributed by atoms with Crippen molar-refractivity contribution in [2.75, 3.05) is 6.54 Å². The first-order chi connectivity index (χ1) is 5.88. The smallest absolute Gasteiger partial charge is 0.183 e. The van der Waals surface area contributed by atoms with Crippen LogP contribution in [0.3, 0.4) is 0 Å². The molecule has 0 amide bonds. The lowest BCUT2D eigenvalue weighted by Gasteiger charge is -1.96. The molecular formula is C9H8N2O. The molecule has 1 aliphatic rings. The van der Waals surface area contributed by atoms with Crippen LogP contribution in [0.1, 0.15) is 5.56 Å². The molecule has 3 heteroatoms. The number of carbonyl (C=O) groups excluding carboxylic acids is 1. The van der Waals surface area contributed by atoms with Gasteiger partial charge in [-0.25, -0.2) is 0 Å². The second-order valence-corrected chi connectivity index (χ2v) is 2.60. The fourth-order valence-corrected chi connectivity index (χ4v) is 1.19. The number of hydrogen-bond acceptors (Lipinski definition) is 3. The normalized spacial score (nSPS) is 15.7. The zero-order valence-corrected chi connectivity index (χ0v) is 6.45. The molecule has 0 saturated carbocycles. The van der Waals surface area contributed by atoms with Crippen LogP contribution in [-0.4, -0.2) is 17.3 Å². The van der Waals surface area contributed by atoms with Gasteiger partial charge in [0, 0.05) is 29.7 Å². The Labute approximate surface area is 70.1 Å². The summed E-state index contributed by atoms with van der Waals surface area (Å²) in [5.74, 6) is 0.128. The van der Waals surface area contributed by atoms with Crippen LogP contribution in [-0.2, 0) is 4.79 Å². The number of Topliss-reactive ketones (excluding diaryl/α,β-unsaturated/α-hetero) is 1. The lowest BCUT2D eigenvalue weighted by molar-refractivity contribution is -0.112. The van der Waals surface area contributed by atoms with Crippen molar-refractivity contribution in [3.05, 3.63) is 36.3 Å². The number of nitrogens with one attached hydrogen (secondary N) is 1. The molecule has 1 aromatic rings. The molecule has 0 unspecified atom stereocenters. The summed E-state index contributed by atoms with van der Waals surface area (Å²) in [7, 11) is 0. The number of pyridine rings is 1. The van der Waals surface area contributed by atoms with Crippen LogP contribution in [0.5, 0.6) is 0 Å². The first kappa shape index (κ1) is 7.03. The Bertz CT molecular complexity index is 330. The second-order valence-electron chi connectivity index (χ2n) is 2.60. The van der Waals surface area contributed by atoms with E-state index in [4.69, 9.17) is 0 Å².